The second-order valence-corrected chi connectivity index (χ2v) is 7.24. The van der Waals surface area contributed by atoms with E-state index in [-0.39, 0.29) is 11.7 Å². The Morgan fingerprint density at radius 2 is 2.07 bits per heavy atom. The highest BCUT2D eigenvalue weighted by atomic mass is 16.1. The van der Waals surface area contributed by atoms with E-state index in [4.69, 9.17) is 10.7 Å². The van der Waals surface area contributed by atoms with Crippen molar-refractivity contribution in [3.05, 3.63) is 36.6 Å². The lowest BCUT2D eigenvalue weighted by molar-refractivity contribution is 0.0996. The van der Waals surface area contributed by atoms with E-state index >= 15 is 0 Å². The van der Waals surface area contributed by atoms with Gasteiger partial charge in [0.25, 0.3) is 5.91 Å². The number of nitrogens with two attached hydrogens (primary N) is 1. The van der Waals surface area contributed by atoms with Gasteiger partial charge in [-0.15, -0.1) is 10.2 Å². The molecule has 10 nitrogen and oxygen atoms in total. The maximum absolute atomic E-state index is 11.4. The average molecular weight is 379 g/mol. The number of amides is 1. The molecule has 1 fully saturated rings. The fourth-order valence-corrected chi connectivity index (χ4v) is 4.32. The van der Waals surface area contributed by atoms with Crippen LogP contribution in [0.4, 0.5) is 5.82 Å². The van der Waals surface area contributed by atoms with Crippen molar-refractivity contribution in [1.82, 2.24) is 34.3 Å². The number of nitrogens with zero attached hydrogens (tertiary/aromatic N) is 8. The second-order valence-electron chi connectivity index (χ2n) is 7.24. The van der Waals surface area contributed by atoms with Crippen LogP contribution >= 0.6 is 0 Å². The molecule has 0 radical (unpaired) electrons. The minimum atomic E-state index is -0.579. The zero-order chi connectivity index (χ0) is 19.3. The van der Waals surface area contributed by atoms with Crippen LogP contribution in [0.5, 0.6) is 0 Å². The number of hydrogen-bond acceptors (Lipinski definition) is 7. The number of carbonyl (C=O) groups excluding carboxylic acids is 1. The summed E-state index contributed by atoms with van der Waals surface area (Å²) >= 11 is 0. The molecule has 4 heterocycles. The molecule has 3 aromatic rings. The van der Waals surface area contributed by atoms with Crippen LogP contribution in [0.2, 0.25) is 0 Å². The zero-order valence-electron chi connectivity index (χ0n) is 15.6. The number of aromatic nitrogens is 7. The van der Waals surface area contributed by atoms with Crippen molar-refractivity contribution < 1.29 is 4.79 Å². The Hall–Kier alpha value is -3.30. The van der Waals surface area contributed by atoms with Crippen LogP contribution in [0.3, 0.4) is 0 Å². The van der Waals surface area contributed by atoms with Gasteiger partial charge in [-0.3, -0.25) is 13.9 Å². The fraction of sp³-hybridized carbons (Fsp3) is 0.444. The van der Waals surface area contributed by atoms with Gasteiger partial charge in [0.15, 0.2) is 11.6 Å². The van der Waals surface area contributed by atoms with Gasteiger partial charge in [0, 0.05) is 12.2 Å². The smallest absolute Gasteiger partial charge is 0.268 e. The quantitative estimate of drug-likeness (QED) is 0.730. The molecular formula is C18H21N9O. The molecule has 0 bridgehead atoms. The minimum absolute atomic E-state index is 0.116. The topological polar surface area (TPSA) is 121 Å². The van der Waals surface area contributed by atoms with Gasteiger partial charge in [-0.2, -0.15) is 4.98 Å². The second kappa shape index (κ2) is 6.39. The summed E-state index contributed by atoms with van der Waals surface area (Å²) in [5, 5.41) is 8.51. The van der Waals surface area contributed by atoms with Crippen molar-refractivity contribution in [2.45, 2.75) is 51.1 Å². The van der Waals surface area contributed by atoms with Gasteiger partial charge in [0.2, 0.25) is 5.95 Å². The third kappa shape index (κ3) is 2.48. The first-order valence-corrected chi connectivity index (χ1v) is 9.57. The number of carbonyl (C=O) groups is 1. The molecule has 0 spiro atoms. The van der Waals surface area contributed by atoms with Gasteiger partial charge in [-0.1, -0.05) is 19.8 Å². The van der Waals surface area contributed by atoms with Crippen LogP contribution in [0.1, 0.15) is 61.4 Å². The van der Waals surface area contributed by atoms with E-state index in [1.807, 2.05) is 4.57 Å². The first-order valence-electron chi connectivity index (χ1n) is 9.57. The largest absolute Gasteiger partial charge is 0.364 e. The van der Waals surface area contributed by atoms with Gasteiger partial charge in [0.1, 0.15) is 24.0 Å². The molecule has 1 amide bonds. The molecule has 1 aliphatic heterocycles. The Labute approximate surface area is 161 Å². The molecular weight excluding hydrogens is 358 g/mol. The summed E-state index contributed by atoms with van der Waals surface area (Å²) in [6.45, 7) is 2.16. The maximum Gasteiger partial charge on any atom is 0.268 e. The molecule has 0 aromatic carbocycles. The molecule has 144 valence electrons. The predicted molar refractivity (Wildman–Crippen MR) is 100 cm³/mol. The number of hydrogen-bond donors (Lipinski definition) is 1. The summed E-state index contributed by atoms with van der Waals surface area (Å²) in [5.41, 5.74) is 6.37. The number of rotatable bonds is 4. The van der Waals surface area contributed by atoms with E-state index in [1.165, 1.54) is 19.2 Å². The third-order valence-electron chi connectivity index (χ3n) is 5.62. The maximum atomic E-state index is 11.4. The van der Waals surface area contributed by atoms with Crippen molar-refractivity contribution in [2.24, 2.45) is 5.73 Å². The van der Waals surface area contributed by atoms with Gasteiger partial charge >= 0.3 is 0 Å². The van der Waals surface area contributed by atoms with E-state index < -0.39 is 5.91 Å². The fourth-order valence-electron chi connectivity index (χ4n) is 4.32. The highest BCUT2D eigenvalue weighted by Gasteiger charge is 2.38. The lowest BCUT2D eigenvalue weighted by Gasteiger charge is -2.40. The Bertz CT molecular complexity index is 1030. The molecule has 1 aliphatic carbocycles. The molecule has 3 aromatic heterocycles. The van der Waals surface area contributed by atoms with Gasteiger partial charge < -0.3 is 10.6 Å². The summed E-state index contributed by atoms with van der Waals surface area (Å²) in [4.78, 5) is 27.1. The number of primary amides is 1. The monoisotopic (exact) mass is 379 g/mol. The number of fused-ring (bicyclic) bond motifs is 3. The number of imidazole rings is 1. The van der Waals surface area contributed by atoms with Crippen LogP contribution in [-0.2, 0) is 0 Å². The Morgan fingerprint density at radius 1 is 1.25 bits per heavy atom. The molecule has 10 heteroatoms. The van der Waals surface area contributed by atoms with E-state index in [1.54, 1.807) is 23.3 Å². The first-order chi connectivity index (χ1) is 13.7. The normalized spacial score (nSPS) is 18.9. The summed E-state index contributed by atoms with van der Waals surface area (Å²) in [5.74, 6) is 1.67. The van der Waals surface area contributed by atoms with E-state index in [0.29, 0.717) is 12.0 Å². The van der Waals surface area contributed by atoms with Crippen molar-refractivity contribution in [3.63, 3.8) is 0 Å². The molecule has 0 saturated heterocycles. The molecule has 1 saturated carbocycles. The van der Waals surface area contributed by atoms with E-state index in [2.05, 4.69) is 32.0 Å². The minimum Gasteiger partial charge on any atom is -0.364 e. The van der Waals surface area contributed by atoms with Gasteiger partial charge in [-0.05, 0) is 19.3 Å². The standard InChI is InChI=1S/C18H21N9O/c1-2-13-17-24-22-10-26(17)14-7-20-18(25-8-12(15(19)28)21-9-25)23-16(14)27(13)11-5-3-4-6-11/h7-11,13H,2-6H2,1H3,(H2,19,28). The van der Waals surface area contributed by atoms with Crippen LogP contribution < -0.4 is 10.6 Å². The van der Waals surface area contributed by atoms with Crippen molar-refractivity contribution in [3.8, 4) is 11.6 Å². The average Bonchev–Trinajstić information content (AvgIpc) is 3.47. The highest BCUT2D eigenvalue weighted by Crippen LogP contribution is 2.42. The van der Waals surface area contributed by atoms with Gasteiger partial charge in [0.05, 0.1) is 12.2 Å². The van der Waals surface area contributed by atoms with Crippen molar-refractivity contribution in [1.29, 1.82) is 0 Å². The van der Waals surface area contributed by atoms with E-state index in [9.17, 15) is 4.79 Å². The molecule has 2 aliphatic rings. The molecule has 1 atom stereocenters. The molecule has 28 heavy (non-hydrogen) atoms. The van der Waals surface area contributed by atoms with Crippen LogP contribution in [0.25, 0.3) is 11.6 Å². The van der Waals surface area contributed by atoms with Gasteiger partial charge in [-0.25, -0.2) is 9.97 Å². The highest BCUT2D eigenvalue weighted by molar-refractivity contribution is 5.90. The summed E-state index contributed by atoms with van der Waals surface area (Å²) < 4.78 is 3.59. The number of anilines is 1. The zero-order valence-corrected chi connectivity index (χ0v) is 15.6. The van der Waals surface area contributed by atoms with Crippen molar-refractivity contribution in [2.75, 3.05) is 4.90 Å². The Kier molecular flexibility index (Phi) is 3.85. The Balaban J connectivity index is 1.66. The van der Waals surface area contributed by atoms with E-state index in [0.717, 1.165) is 36.6 Å². The van der Waals surface area contributed by atoms with Crippen LogP contribution in [-0.4, -0.2) is 46.2 Å². The Morgan fingerprint density at radius 3 is 2.79 bits per heavy atom. The first kappa shape index (κ1) is 16.8. The SMILES string of the molecule is CCC1c2nncn2-c2cnc(-n3cnc(C(N)=O)c3)nc2N1C1CCCC1. The lowest BCUT2D eigenvalue weighted by atomic mass is 10.0. The summed E-state index contributed by atoms with van der Waals surface area (Å²) in [6.07, 6.45) is 12.2. The molecule has 5 rings (SSSR count). The molecule has 1 unspecified atom stereocenters. The van der Waals surface area contributed by atoms with Crippen LogP contribution in [0.15, 0.2) is 25.0 Å². The summed E-state index contributed by atoms with van der Waals surface area (Å²) in [6, 6.07) is 0.533. The molecule has 2 N–H and O–H groups in total. The predicted octanol–water partition coefficient (Wildman–Crippen LogP) is 1.56. The van der Waals surface area contributed by atoms with Crippen molar-refractivity contribution >= 4 is 11.7 Å². The van der Waals surface area contributed by atoms with Crippen LogP contribution in [0, 0.1) is 0 Å². The lowest BCUT2D eigenvalue weighted by Crippen LogP contribution is -2.42. The third-order valence-corrected chi connectivity index (χ3v) is 5.62. The summed E-state index contributed by atoms with van der Waals surface area (Å²) in [7, 11) is 0.